The SMILES string of the molecule is O=S(=O)(NCCNCC(O)c1ccc(O)cc1)c1ccccc1. The highest BCUT2D eigenvalue weighted by molar-refractivity contribution is 7.89. The van der Waals surface area contributed by atoms with Crippen LogP contribution in [-0.2, 0) is 10.0 Å². The molecule has 2 aromatic carbocycles. The summed E-state index contributed by atoms with van der Waals surface area (Å²) < 4.78 is 26.4. The first-order valence-electron chi connectivity index (χ1n) is 7.21. The summed E-state index contributed by atoms with van der Waals surface area (Å²) in [5, 5.41) is 22.1. The molecule has 0 aliphatic heterocycles. The van der Waals surface area contributed by atoms with Crippen LogP contribution in [0.4, 0.5) is 0 Å². The molecule has 1 unspecified atom stereocenters. The zero-order chi connectivity index (χ0) is 16.7. The van der Waals surface area contributed by atoms with E-state index in [4.69, 9.17) is 0 Å². The summed E-state index contributed by atoms with van der Waals surface area (Å²) in [5.41, 5.74) is 0.681. The molecule has 0 aliphatic carbocycles. The maximum absolute atomic E-state index is 12.0. The van der Waals surface area contributed by atoms with Crippen LogP contribution in [0.5, 0.6) is 5.75 Å². The number of hydrogen-bond donors (Lipinski definition) is 4. The Labute approximate surface area is 135 Å². The second kappa shape index (κ2) is 8.07. The predicted molar refractivity (Wildman–Crippen MR) is 87.6 cm³/mol. The van der Waals surface area contributed by atoms with E-state index in [9.17, 15) is 18.6 Å². The smallest absolute Gasteiger partial charge is 0.240 e. The zero-order valence-electron chi connectivity index (χ0n) is 12.5. The summed E-state index contributed by atoms with van der Waals surface area (Å²) in [4.78, 5) is 0.226. The molecule has 23 heavy (non-hydrogen) atoms. The maximum Gasteiger partial charge on any atom is 0.240 e. The molecule has 6 nitrogen and oxygen atoms in total. The average Bonchev–Trinajstić information content (AvgIpc) is 2.56. The monoisotopic (exact) mass is 336 g/mol. The zero-order valence-corrected chi connectivity index (χ0v) is 13.3. The summed E-state index contributed by atoms with van der Waals surface area (Å²) in [7, 11) is -3.50. The average molecular weight is 336 g/mol. The standard InChI is InChI=1S/C16H20N2O4S/c19-14-8-6-13(7-9-14)16(20)12-17-10-11-18-23(21,22)15-4-2-1-3-5-15/h1-9,16-20H,10-12H2. The lowest BCUT2D eigenvalue weighted by Gasteiger charge is -2.13. The van der Waals surface area contributed by atoms with Crippen LogP contribution >= 0.6 is 0 Å². The van der Waals surface area contributed by atoms with Gasteiger partial charge in [-0.1, -0.05) is 30.3 Å². The van der Waals surface area contributed by atoms with E-state index in [1.165, 1.54) is 24.3 Å². The summed E-state index contributed by atoms with van der Waals surface area (Å²) in [6, 6.07) is 14.4. The third-order valence-electron chi connectivity index (χ3n) is 3.26. The third kappa shape index (κ3) is 5.33. The van der Waals surface area contributed by atoms with Gasteiger partial charge in [-0.2, -0.15) is 0 Å². The van der Waals surface area contributed by atoms with E-state index in [0.29, 0.717) is 12.1 Å². The van der Waals surface area contributed by atoms with Crippen molar-refractivity contribution >= 4 is 10.0 Å². The Bertz CT molecular complexity index is 703. The molecule has 0 saturated heterocycles. The topological polar surface area (TPSA) is 98.7 Å². The normalized spacial score (nSPS) is 12.9. The molecule has 0 amide bonds. The first-order chi connectivity index (χ1) is 11.0. The van der Waals surface area contributed by atoms with Gasteiger partial charge in [-0.05, 0) is 29.8 Å². The molecule has 0 spiro atoms. The van der Waals surface area contributed by atoms with Gasteiger partial charge in [0, 0.05) is 19.6 Å². The number of aromatic hydroxyl groups is 1. The van der Waals surface area contributed by atoms with Crippen LogP contribution in [-0.4, -0.2) is 38.3 Å². The van der Waals surface area contributed by atoms with Crippen molar-refractivity contribution in [3.8, 4) is 5.75 Å². The Morgan fingerprint density at radius 3 is 2.26 bits per heavy atom. The van der Waals surface area contributed by atoms with Crippen molar-refractivity contribution in [3.63, 3.8) is 0 Å². The predicted octanol–water partition coefficient (Wildman–Crippen LogP) is 0.994. The lowest BCUT2D eigenvalue weighted by atomic mass is 10.1. The minimum absolute atomic E-state index is 0.143. The van der Waals surface area contributed by atoms with Gasteiger partial charge < -0.3 is 15.5 Å². The number of phenolic OH excluding ortho intramolecular Hbond substituents is 1. The highest BCUT2D eigenvalue weighted by atomic mass is 32.2. The van der Waals surface area contributed by atoms with E-state index in [-0.39, 0.29) is 23.7 Å². The molecule has 0 radical (unpaired) electrons. The second-order valence-electron chi connectivity index (χ2n) is 5.02. The van der Waals surface area contributed by atoms with E-state index in [1.54, 1.807) is 30.3 Å². The van der Waals surface area contributed by atoms with E-state index in [1.807, 2.05) is 0 Å². The van der Waals surface area contributed by atoms with Crippen molar-refractivity contribution in [1.82, 2.24) is 10.0 Å². The number of sulfonamides is 1. The van der Waals surface area contributed by atoms with Gasteiger partial charge in [0.25, 0.3) is 0 Å². The van der Waals surface area contributed by atoms with E-state index >= 15 is 0 Å². The number of aliphatic hydroxyl groups is 1. The highest BCUT2D eigenvalue weighted by Crippen LogP contribution is 2.15. The van der Waals surface area contributed by atoms with Crippen LogP contribution in [0, 0.1) is 0 Å². The van der Waals surface area contributed by atoms with E-state index in [2.05, 4.69) is 10.0 Å². The fourth-order valence-corrected chi connectivity index (χ4v) is 3.06. The summed E-state index contributed by atoms with van der Waals surface area (Å²) in [6.45, 7) is 0.901. The second-order valence-corrected chi connectivity index (χ2v) is 6.79. The lowest BCUT2D eigenvalue weighted by Crippen LogP contribution is -2.33. The number of phenols is 1. The van der Waals surface area contributed by atoms with Gasteiger partial charge in [0.05, 0.1) is 11.0 Å². The van der Waals surface area contributed by atoms with Crippen LogP contribution in [0.2, 0.25) is 0 Å². The fourth-order valence-electron chi connectivity index (χ4n) is 2.01. The molecule has 4 N–H and O–H groups in total. The van der Waals surface area contributed by atoms with Crippen LogP contribution in [0.1, 0.15) is 11.7 Å². The molecular formula is C16H20N2O4S. The highest BCUT2D eigenvalue weighted by Gasteiger charge is 2.12. The Morgan fingerprint density at radius 1 is 0.957 bits per heavy atom. The molecule has 1 atom stereocenters. The number of nitrogens with one attached hydrogen (secondary N) is 2. The van der Waals surface area contributed by atoms with Crippen LogP contribution in [0.3, 0.4) is 0 Å². The molecule has 7 heteroatoms. The van der Waals surface area contributed by atoms with Gasteiger partial charge in [0.15, 0.2) is 0 Å². The van der Waals surface area contributed by atoms with Gasteiger partial charge >= 0.3 is 0 Å². The largest absolute Gasteiger partial charge is 0.508 e. The fraction of sp³-hybridized carbons (Fsp3) is 0.250. The first kappa shape index (κ1) is 17.4. The molecule has 2 rings (SSSR count). The van der Waals surface area contributed by atoms with Gasteiger partial charge in [-0.25, -0.2) is 13.1 Å². The minimum atomic E-state index is -3.50. The Balaban J connectivity index is 1.72. The third-order valence-corrected chi connectivity index (χ3v) is 4.74. The maximum atomic E-state index is 12.0. The number of rotatable bonds is 8. The minimum Gasteiger partial charge on any atom is -0.508 e. The summed E-state index contributed by atoms with van der Waals surface area (Å²) in [6.07, 6.45) is -0.721. The van der Waals surface area contributed by atoms with Gasteiger partial charge in [0.2, 0.25) is 10.0 Å². The summed E-state index contributed by atoms with van der Waals surface area (Å²) in [5.74, 6) is 0.143. The van der Waals surface area contributed by atoms with E-state index < -0.39 is 16.1 Å². The van der Waals surface area contributed by atoms with Crippen molar-refractivity contribution in [2.45, 2.75) is 11.0 Å². The summed E-state index contributed by atoms with van der Waals surface area (Å²) >= 11 is 0. The molecule has 2 aromatic rings. The van der Waals surface area contributed by atoms with Crippen LogP contribution in [0.15, 0.2) is 59.5 Å². The van der Waals surface area contributed by atoms with Crippen molar-refractivity contribution in [2.24, 2.45) is 0 Å². The molecule has 0 aromatic heterocycles. The van der Waals surface area contributed by atoms with Crippen molar-refractivity contribution < 1.29 is 18.6 Å². The Kier molecular flexibility index (Phi) is 6.12. The Hall–Kier alpha value is -1.93. The molecule has 124 valence electrons. The van der Waals surface area contributed by atoms with Crippen molar-refractivity contribution in [3.05, 3.63) is 60.2 Å². The first-order valence-corrected chi connectivity index (χ1v) is 8.70. The van der Waals surface area contributed by atoms with Crippen molar-refractivity contribution in [1.29, 1.82) is 0 Å². The van der Waals surface area contributed by atoms with Gasteiger partial charge in [-0.15, -0.1) is 0 Å². The molecule has 0 fully saturated rings. The Morgan fingerprint density at radius 2 is 1.61 bits per heavy atom. The molecular weight excluding hydrogens is 316 g/mol. The van der Waals surface area contributed by atoms with Crippen LogP contribution < -0.4 is 10.0 Å². The quantitative estimate of drug-likeness (QED) is 0.539. The molecule has 0 saturated carbocycles. The number of aliphatic hydroxyl groups excluding tert-OH is 1. The molecule has 0 heterocycles. The van der Waals surface area contributed by atoms with Gasteiger partial charge in [0.1, 0.15) is 5.75 Å². The van der Waals surface area contributed by atoms with E-state index in [0.717, 1.165) is 0 Å². The lowest BCUT2D eigenvalue weighted by molar-refractivity contribution is 0.175. The van der Waals surface area contributed by atoms with Crippen molar-refractivity contribution in [2.75, 3.05) is 19.6 Å². The molecule has 0 aliphatic rings. The molecule has 0 bridgehead atoms. The number of benzene rings is 2. The van der Waals surface area contributed by atoms with Crippen LogP contribution in [0.25, 0.3) is 0 Å². The van der Waals surface area contributed by atoms with Gasteiger partial charge in [-0.3, -0.25) is 0 Å². The number of hydrogen-bond acceptors (Lipinski definition) is 5.